The average Bonchev–Trinajstić information content (AvgIpc) is 3.46. The van der Waals surface area contributed by atoms with Gasteiger partial charge in [0.25, 0.3) is 5.91 Å². The second-order valence-corrected chi connectivity index (χ2v) is 6.25. The van der Waals surface area contributed by atoms with Crippen LogP contribution in [0.2, 0.25) is 0 Å². The van der Waals surface area contributed by atoms with Gasteiger partial charge in [0.15, 0.2) is 12.6 Å². The Labute approximate surface area is 178 Å². The lowest BCUT2D eigenvalue weighted by atomic mass is 10.2. The van der Waals surface area contributed by atoms with Crippen molar-refractivity contribution in [1.29, 1.82) is 0 Å². The number of carbonyl (C=O) groups excluding carboxylic acids is 1. The molecule has 1 aromatic rings. The first-order valence-electron chi connectivity index (χ1n) is 9.23. The van der Waals surface area contributed by atoms with Crippen LogP contribution < -0.4 is 20.7 Å². The van der Waals surface area contributed by atoms with Gasteiger partial charge in [0.1, 0.15) is 5.75 Å². The normalized spacial score (nSPS) is 13.5. The molecule has 8 heteroatoms. The first kappa shape index (κ1) is 23.5. The first-order valence-corrected chi connectivity index (χ1v) is 9.23. The summed E-state index contributed by atoms with van der Waals surface area (Å²) in [5, 5.41) is 9.41. The van der Waals surface area contributed by atoms with Gasteiger partial charge in [-0.1, -0.05) is 12.1 Å². The Hall–Kier alpha value is -1.55. The van der Waals surface area contributed by atoms with Crippen molar-refractivity contribution in [3.8, 4) is 5.75 Å². The molecular weight excluding hydrogens is 459 g/mol. The summed E-state index contributed by atoms with van der Waals surface area (Å²) >= 11 is 0. The van der Waals surface area contributed by atoms with Gasteiger partial charge in [-0.2, -0.15) is 0 Å². The summed E-state index contributed by atoms with van der Waals surface area (Å²) in [6, 6.07) is 8.04. The molecule has 1 saturated carbocycles. The van der Waals surface area contributed by atoms with E-state index in [4.69, 9.17) is 9.47 Å². The van der Waals surface area contributed by atoms with Crippen molar-refractivity contribution in [3.63, 3.8) is 0 Å². The van der Waals surface area contributed by atoms with Crippen LogP contribution in [0.5, 0.6) is 5.75 Å². The second-order valence-electron chi connectivity index (χ2n) is 6.25. The van der Waals surface area contributed by atoms with Crippen LogP contribution in [0.3, 0.4) is 0 Å². The quantitative estimate of drug-likeness (QED) is 0.192. The number of hydrogen-bond acceptors (Lipinski definition) is 4. The minimum Gasteiger partial charge on any atom is -0.484 e. The number of rotatable bonds is 11. The summed E-state index contributed by atoms with van der Waals surface area (Å²) < 4.78 is 10.6. The predicted octanol–water partition coefficient (Wildman–Crippen LogP) is 2.05. The number of nitrogens with zero attached hydrogens (tertiary/aromatic N) is 1. The van der Waals surface area contributed by atoms with Gasteiger partial charge in [-0.15, -0.1) is 24.0 Å². The van der Waals surface area contributed by atoms with Crippen LogP contribution in [-0.4, -0.2) is 51.3 Å². The maximum atomic E-state index is 11.7. The Kier molecular flexibility index (Phi) is 11.8. The van der Waals surface area contributed by atoms with Crippen molar-refractivity contribution < 1.29 is 14.3 Å². The molecule has 0 aliphatic heterocycles. The summed E-state index contributed by atoms with van der Waals surface area (Å²) in [5.74, 6) is 1.39. The van der Waals surface area contributed by atoms with E-state index in [1.54, 1.807) is 7.11 Å². The summed E-state index contributed by atoms with van der Waals surface area (Å²) in [4.78, 5) is 16.3. The minimum absolute atomic E-state index is 0. The molecule has 0 atom stereocenters. The zero-order valence-electron chi connectivity index (χ0n) is 16.1. The van der Waals surface area contributed by atoms with Crippen LogP contribution in [0.15, 0.2) is 29.3 Å². The largest absolute Gasteiger partial charge is 0.484 e. The van der Waals surface area contributed by atoms with E-state index < -0.39 is 0 Å². The zero-order valence-corrected chi connectivity index (χ0v) is 18.5. The molecule has 3 N–H and O–H groups in total. The molecule has 1 amide bonds. The lowest BCUT2D eigenvalue weighted by Crippen LogP contribution is -2.38. The molecule has 0 heterocycles. The zero-order chi connectivity index (χ0) is 18.6. The molecule has 0 bridgehead atoms. The SMILES string of the molecule is CCNC(=NCc1cccc(OCC(=O)NC2CC2)c1)NCCCOC.I. The Morgan fingerprint density at radius 3 is 2.81 bits per heavy atom. The Morgan fingerprint density at radius 2 is 2.11 bits per heavy atom. The van der Waals surface area contributed by atoms with E-state index in [0.717, 1.165) is 50.5 Å². The van der Waals surface area contributed by atoms with Gasteiger partial charge in [-0.3, -0.25) is 4.79 Å². The van der Waals surface area contributed by atoms with Gasteiger partial charge in [0, 0.05) is 32.8 Å². The van der Waals surface area contributed by atoms with Gasteiger partial charge < -0.3 is 25.4 Å². The number of halogens is 1. The van der Waals surface area contributed by atoms with Crippen LogP contribution in [0.4, 0.5) is 0 Å². The standard InChI is InChI=1S/C19H30N4O3.HI/c1-3-20-19(21-10-5-11-25-2)22-13-15-6-4-7-17(12-15)26-14-18(24)23-16-8-9-16;/h4,6-7,12,16H,3,5,8-11,13-14H2,1-2H3,(H,23,24)(H2,20,21,22);1H. The van der Waals surface area contributed by atoms with E-state index in [1.807, 2.05) is 31.2 Å². The van der Waals surface area contributed by atoms with Crippen LogP contribution >= 0.6 is 24.0 Å². The molecule has 0 saturated heterocycles. The number of hydrogen-bond donors (Lipinski definition) is 3. The van der Waals surface area contributed by atoms with Crippen molar-refractivity contribution in [2.75, 3.05) is 33.4 Å². The molecule has 2 rings (SSSR count). The number of benzene rings is 1. The van der Waals surface area contributed by atoms with Crippen molar-refractivity contribution in [1.82, 2.24) is 16.0 Å². The molecular formula is C19H31IN4O3. The number of amides is 1. The van der Waals surface area contributed by atoms with E-state index >= 15 is 0 Å². The third-order valence-electron chi connectivity index (χ3n) is 3.79. The fraction of sp³-hybridized carbons (Fsp3) is 0.579. The topological polar surface area (TPSA) is 84.0 Å². The van der Waals surface area contributed by atoms with Crippen LogP contribution in [0.25, 0.3) is 0 Å². The van der Waals surface area contributed by atoms with E-state index in [9.17, 15) is 4.79 Å². The Morgan fingerprint density at radius 1 is 1.30 bits per heavy atom. The first-order chi connectivity index (χ1) is 12.7. The Bertz CT molecular complexity index is 594. The highest BCUT2D eigenvalue weighted by atomic mass is 127. The van der Waals surface area contributed by atoms with Crippen molar-refractivity contribution in [3.05, 3.63) is 29.8 Å². The van der Waals surface area contributed by atoms with Crippen LogP contribution in [-0.2, 0) is 16.1 Å². The van der Waals surface area contributed by atoms with Crippen LogP contribution in [0, 0.1) is 0 Å². The van der Waals surface area contributed by atoms with E-state index in [0.29, 0.717) is 18.3 Å². The number of guanidine groups is 1. The van der Waals surface area contributed by atoms with Crippen molar-refractivity contribution in [2.45, 2.75) is 38.8 Å². The molecule has 0 spiro atoms. The number of methoxy groups -OCH3 is 1. The average molecular weight is 490 g/mol. The molecule has 1 aliphatic rings. The van der Waals surface area contributed by atoms with Crippen LogP contribution in [0.1, 0.15) is 31.7 Å². The highest BCUT2D eigenvalue weighted by Gasteiger charge is 2.23. The molecule has 7 nitrogen and oxygen atoms in total. The summed E-state index contributed by atoms with van der Waals surface area (Å²) in [5.41, 5.74) is 1.03. The lowest BCUT2D eigenvalue weighted by Gasteiger charge is -2.11. The second kappa shape index (κ2) is 13.6. The van der Waals surface area contributed by atoms with Gasteiger partial charge >= 0.3 is 0 Å². The van der Waals surface area contributed by atoms with Gasteiger partial charge in [0.2, 0.25) is 0 Å². The molecule has 0 unspecified atom stereocenters. The smallest absolute Gasteiger partial charge is 0.258 e. The highest BCUT2D eigenvalue weighted by molar-refractivity contribution is 14.0. The van der Waals surface area contributed by atoms with E-state index in [-0.39, 0.29) is 36.5 Å². The molecule has 1 aliphatic carbocycles. The van der Waals surface area contributed by atoms with Gasteiger partial charge in [0.05, 0.1) is 6.54 Å². The number of carbonyl (C=O) groups is 1. The third-order valence-corrected chi connectivity index (χ3v) is 3.79. The molecule has 27 heavy (non-hydrogen) atoms. The predicted molar refractivity (Wildman–Crippen MR) is 118 cm³/mol. The molecule has 0 aromatic heterocycles. The summed E-state index contributed by atoms with van der Waals surface area (Å²) in [6.07, 6.45) is 3.08. The maximum Gasteiger partial charge on any atom is 0.258 e. The molecule has 1 aromatic carbocycles. The van der Waals surface area contributed by atoms with Crippen molar-refractivity contribution in [2.24, 2.45) is 4.99 Å². The fourth-order valence-corrected chi connectivity index (χ4v) is 2.31. The monoisotopic (exact) mass is 490 g/mol. The third kappa shape index (κ3) is 10.4. The number of ether oxygens (including phenoxy) is 2. The number of nitrogens with one attached hydrogen (secondary N) is 3. The molecule has 152 valence electrons. The Balaban J connectivity index is 0.00000364. The minimum atomic E-state index is -0.0642. The maximum absolute atomic E-state index is 11.7. The fourth-order valence-electron chi connectivity index (χ4n) is 2.31. The number of aliphatic imine (C=N–C) groups is 1. The van der Waals surface area contributed by atoms with E-state index in [2.05, 4.69) is 20.9 Å². The van der Waals surface area contributed by atoms with Gasteiger partial charge in [-0.25, -0.2) is 4.99 Å². The summed E-state index contributed by atoms with van der Waals surface area (Å²) in [6.45, 7) is 4.94. The lowest BCUT2D eigenvalue weighted by molar-refractivity contribution is -0.123. The summed E-state index contributed by atoms with van der Waals surface area (Å²) in [7, 11) is 1.70. The molecule has 1 fully saturated rings. The molecule has 0 radical (unpaired) electrons. The highest BCUT2D eigenvalue weighted by Crippen LogP contribution is 2.18. The van der Waals surface area contributed by atoms with Gasteiger partial charge in [-0.05, 0) is 43.9 Å². The van der Waals surface area contributed by atoms with E-state index in [1.165, 1.54) is 0 Å². The van der Waals surface area contributed by atoms with Crippen molar-refractivity contribution >= 4 is 35.8 Å².